The SMILES string of the molecule is COc1cc(Cl)c(C)cc1NS(=O)(=O)c1ccc(C=CC(=O)O)cc1. The highest BCUT2D eigenvalue weighted by molar-refractivity contribution is 7.92. The highest BCUT2D eigenvalue weighted by Gasteiger charge is 2.17. The van der Waals surface area contributed by atoms with Crippen LogP contribution in [0.1, 0.15) is 11.1 Å². The van der Waals surface area contributed by atoms with Gasteiger partial charge in [0.15, 0.2) is 0 Å². The number of hydrogen-bond acceptors (Lipinski definition) is 4. The summed E-state index contributed by atoms with van der Waals surface area (Å²) in [6.45, 7) is 1.75. The van der Waals surface area contributed by atoms with E-state index in [2.05, 4.69) is 4.72 Å². The van der Waals surface area contributed by atoms with Crippen LogP contribution in [-0.4, -0.2) is 26.6 Å². The van der Waals surface area contributed by atoms with Crippen molar-refractivity contribution in [2.24, 2.45) is 0 Å². The zero-order valence-electron chi connectivity index (χ0n) is 13.5. The van der Waals surface area contributed by atoms with Crippen molar-refractivity contribution < 1.29 is 23.1 Å². The molecule has 0 amide bonds. The molecular formula is C17H16ClNO5S. The largest absolute Gasteiger partial charge is 0.495 e. The molecule has 0 atom stereocenters. The Kier molecular flexibility index (Phi) is 5.71. The molecule has 25 heavy (non-hydrogen) atoms. The summed E-state index contributed by atoms with van der Waals surface area (Å²) >= 11 is 6.02. The molecule has 0 saturated carbocycles. The Balaban J connectivity index is 2.31. The minimum absolute atomic E-state index is 0.0367. The van der Waals surface area contributed by atoms with Crippen LogP contribution in [0.5, 0.6) is 5.75 Å². The van der Waals surface area contributed by atoms with E-state index in [-0.39, 0.29) is 10.6 Å². The second-order valence-corrected chi connectivity index (χ2v) is 7.24. The lowest BCUT2D eigenvalue weighted by molar-refractivity contribution is -0.131. The first kappa shape index (κ1) is 18.8. The van der Waals surface area contributed by atoms with Crippen molar-refractivity contribution >= 4 is 39.4 Å². The number of anilines is 1. The average molecular weight is 382 g/mol. The molecule has 2 rings (SSSR count). The van der Waals surface area contributed by atoms with Crippen LogP contribution >= 0.6 is 11.6 Å². The maximum absolute atomic E-state index is 12.5. The van der Waals surface area contributed by atoms with Gasteiger partial charge in [-0.3, -0.25) is 4.72 Å². The molecule has 2 N–H and O–H groups in total. The Labute approximate surface area is 150 Å². The Morgan fingerprint density at radius 2 is 1.88 bits per heavy atom. The van der Waals surface area contributed by atoms with Crippen LogP contribution in [0.3, 0.4) is 0 Å². The average Bonchev–Trinajstić information content (AvgIpc) is 2.56. The van der Waals surface area contributed by atoms with Crippen LogP contribution in [-0.2, 0) is 14.8 Å². The smallest absolute Gasteiger partial charge is 0.328 e. The van der Waals surface area contributed by atoms with Crippen LogP contribution in [0, 0.1) is 6.92 Å². The van der Waals surface area contributed by atoms with Crippen molar-refractivity contribution in [1.82, 2.24) is 0 Å². The van der Waals surface area contributed by atoms with Crippen molar-refractivity contribution in [3.63, 3.8) is 0 Å². The molecule has 0 spiro atoms. The maximum Gasteiger partial charge on any atom is 0.328 e. The number of carbonyl (C=O) groups is 1. The van der Waals surface area contributed by atoms with Gasteiger partial charge in [0, 0.05) is 17.2 Å². The fourth-order valence-electron chi connectivity index (χ4n) is 2.04. The number of methoxy groups -OCH3 is 1. The molecule has 0 saturated heterocycles. The molecule has 0 aromatic heterocycles. The molecule has 0 aliphatic heterocycles. The second kappa shape index (κ2) is 7.58. The minimum Gasteiger partial charge on any atom is -0.495 e. The number of halogens is 1. The molecule has 0 aliphatic rings. The predicted molar refractivity (Wildman–Crippen MR) is 96.7 cm³/mol. The molecule has 8 heteroatoms. The fourth-order valence-corrected chi connectivity index (χ4v) is 3.26. The van der Waals surface area contributed by atoms with E-state index in [1.54, 1.807) is 13.0 Å². The summed E-state index contributed by atoms with van der Waals surface area (Å²) in [6, 6.07) is 8.92. The first-order chi connectivity index (χ1) is 11.7. The quantitative estimate of drug-likeness (QED) is 0.746. The van der Waals surface area contributed by atoms with Gasteiger partial charge in [-0.25, -0.2) is 13.2 Å². The summed E-state index contributed by atoms with van der Waals surface area (Å²) in [4.78, 5) is 10.5. The number of hydrogen-bond donors (Lipinski definition) is 2. The van der Waals surface area contributed by atoms with Gasteiger partial charge in [0.1, 0.15) is 5.75 Å². The van der Waals surface area contributed by atoms with Gasteiger partial charge in [0.25, 0.3) is 10.0 Å². The maximum atomic E-state index is 12.5. The van der Waals surface area contributed by atoms with Crippen LogP contribution in [0.25, 0.3) is 6.08 Å². The number of rotatable bonds is 6. The van der Waals surface area contributed by atoms with E-state index in [1.165, 1.54) is 43.5 Å². The van der Waals surface area contributed by atoms with Crippen molar-refractivity contribution in [3.05, 3.63) is 58.6 Å². The summed E-state index contributed by atoms with van der Waals surface area (Å²) in [5.74, 6) is -0.774. The molecule has 2 aromatic rings. The second-order valence-electron chi connectivity index (χ2n) is 5.15. The first-order valence-electron chi connectivity index (χ1n) is 7.11. The number of nitrogens with one attached hydrogen (secondary N) is 1. The Morgan fingerprint density at radius 1 is 1.24 bits per heavy atom. The zero-order chi connectivity index (χ0) is 18.6. The zero-order valence-corrected chi connectivity index (χ0v) is 15.1. The van der Waals surface area contributed by atoms with Gasteiger partial charge in [-0.1, -0.05) is 23.7 Å². The Bertz CT molecular complexity index is 921. The molecule has 0 radical (unpaired) electrons. The highest BCUT2D eigenvalue weighted by Crippen LogP contribution is 2.32. The number of benzene rings is 2. The van der Waals surface area contributed by atoms with Crippen molar-refractivity contribution in [2.75, 3.05) is 11.8 Å². The topological polar surface area (TPSA) is 92.7 Å². The number of carboxylic acids is 1. The van der Waals surface area contributed by atoms with Crippen LogP contribution < -0.4 is 9.46 Å². The number of aryl methyl sites for hydroxylation is 1. The molecule has 0 fully saturated rings. The molecule has 0 aliphatic carbocycles. The van der Waals surface area contributed by atoms with Gasteiger partial charge in [0.05, 0.1) is 17.7 Å². The van der Waals surface area contributed by atoms with E-state index in [4.69, 9.17) is 21.4 Å². The normalized spacial score (nSPS) is 11.5. The third kappa shape index (κ3) is 4.74. The first-order valence-corrected chi connectivity index (χ1v) is 8.97. The van der Waals surface area contributed by atoms with Gasteiger partial charge < -0.3 is 9.84 Å². The lowest BCUT2D eigenvalue weighted by Gasteiger charge is -2.13. The summed E-state index contributed by atoms with van der Waals surface area (Å²) in [5, 5.41) is 9.07. The fraction of sp³-hybridized carbons (Fsp3) is 0.118. The summed E-state index contributed by atoms with van der Waals surface area (Å²) in [7, 11) is -2.42. The third-order valence-corrected chi connectivity index (χ3v) is 5.12. The molecule has 0 heterocycles. The molecular weight excluding hydrogens is 366 g/mol. The summed E-state index contributed by atoms with van der Waals surface area (Å²) < 4.78 is 32.7. The van der Waals surface area contributed by atoms with E-state index in [0.29, 0.717) is 21.9 Å². The van der Waals surface area contributed by atoms with Gasteiger partial charge in [-0.05, 0) is 42.3 Å². The van der Waals surface area contributed by atoms with Crippen LogP contribution in [0.2, 0.25) is 5.02 Å². The number of ether oxygens (including phenoxy) is 1. The van der Waals surface area contributed by atoms with Gasteiger partial charge in [0.2, 0.25) is 0 Å². The minimum atomic E-state index is -3.84. The number of aliphatic carboxylic acids is 1. The Hall–Kier alpha value is -2.51. The van der Waals surface area contributed by atoms with Gasteiger partial charge in [-0.15, -0.1) is 0 Å². The molecule has 132 valence electrons. The van der Waals surface area contributed by atoms with E-state index in [9.17, 15) is 13.2 Å². The van der Waals surface area contributed by atoms with Crippen LogP contribution in [0.15, 0.2) is 47.4 Å². The van der Waals surface area contributed by atoms with Gasteiger partial charge >= 0.3 is 5.97 Å². The van der Waals surface area contributed by atoms with E-state index >= 15 is 0 Å². The third-order valence-electron chi connectivity index (χ3n) is 3.33. The summed E-state index contributed by atoms with van der Waals surface area (Å²) in [5.41, 5.74) is 1.55. The van der Waals surface area contributed by atoms with E-state index in [0.717, 1.165) is 6.08 Å². The lowest BCUT2D eigenvalue weighted by Crippen LogP contribution is -2.13. The van der Waals surface area contributed by atoms with Gasteiger partial charge in [-0.2, -0.15) is 0 Å². The highest BCUT2D eigenvalue weighted by atomic mass is 35.5. The van der Waals surface area contributed by atoms with E-state index < -0.39 is 16.0 Å². The van der Waals surface area contributed by atoms with E-state index in [1.807, 2.05) is 0 Å². The monoisotopic (exact) mass is 381 g/mol. The molecule has 6 nitrogen and oxygen atoms in total. The summed E-state index contributed by atoms with van der Waals surface area (Å²) in [6.07, 6.45) is 2.35. The van der Waals surface area contributed by atoms with Crippen molar-refractivity contribution in [1.29, 1.82) is 0 Å². The molecule has 0 bridgehead atoms. The Morgan fingerprint density at radius 3 is 2.44 bits per heavy atom. The predicted octanol–water partition coefficient (Wildman–Crippen LogP) is 3.56. The standard InChI is InChI=1S/C17H16ClNO5S/c1-11-9-15(16(24-2)10-14(11)18)19-25(22,23)13-6-3-12(4-7-13)5-8-17(20)21/h3-10,19H,1-2H3,(H,20,21). The number of sulfonamides is 1. The van der Waals surface area contributed by atoms with Crippen molar-refractivity contribution in [2.45, 2.75) is 11.8 Å². The van der Waals surface area contributed by atoms with Crippen molar-refractivity contribution in [3.8, 4) is 5.75 Å². The lowest BCUT2D eigenvalue weighted by atomic mass is 10.2. The number of carboxylic acid groups (broad SMARTS) is 1. The van der Waals surface area contributed by atoms with Crippen LogP contribution in [0.4, 0.5) is 5.69 Å². The molecule has 2 aromatic carbocycles. The molecule has 0 unspecified atom stereocenters.